The number of pyridine rings is 2. The molecule has 6 heteroatoms. The van der Waals surface area contributed by atoms with Crippen LogP contribution >= 0.6 is 0 Å². The average Bonchev–Trinajstić information content (AvgIpc) is 3.11. The van der Waals surface area contributed by atoms with E-state index in [-0.39, 0.29) is 0 Å². The van der Waals surface area contributed by atoms with Crippen molar-refractivity contribution in [3.63, 3.8) is 0 Å². The lowest BCUT2D eigenvalue weighted by Gasteiger charge is -2.01. The van der Waals surface area contributed by atoms with E-state index in [1.54, 1.807) is 24.5 Å². The summed E-state index contributed by atoms with van der Waals surface area (Å²) in [6, 6.07) is 7.49. The molecule has 0 radical (unpaired) electrons. The van der Waals surface area contributed by atoms with Crippen LogP contribution in [0.4, 0.5) is 11.4 Å². The molecule has 4 rings (SSSR count). The second-order valence-electron chi connectivity index (χ2n) is 5.02. The van der Waals surface area contributed by atoms with Crippen molar-refractivity contribution in [1.82, 2.24) is 19.1 Å². The van der Waals surface area contributed by atoms with Gasteiger partial charge in [-0.05, 0) is 24.3 Å². The molecule has 4 N–H and O–H groups in total. The minimum atomic E-state index is 0.720. The Hall–Kier alpha value is -3.28. The number of nitrogen functional groups attached to an aromatic ring is 2. The Kier molecular flexibility index (Phi) is 2.62. The van der Waals surface area contributed by atoms with Crippen LogP contribution in [0.1, 0.15) is 0 Å². The number of fused-ring (bicyclic) bond motifs is 2. The van der Waals surface area contributed by atoms with Crippen LogP contribution in [-0.2, 0) is 0 Å². The van der Waals surface area contributed by atoms with E-state index in [1.165, 1.54) is 0 Å². The first-order valence-corrected chi connectivity index (χ1v) is 6.84. The van der Waals surface area contributed by atoms with E-state index < -0.39 is 0 Å². The summed E-state index contributed by atoms with van der Waals surface area (Å²) in [7, 11) is 0. The molecule has 4 aromatic heterocycles. The van der Waals surface area contributed by atoms with Gasteiger partial charge in [-0.3, -0.25) is 0 Å². The fraction of sp³-hybridized carbons (Fsp3) is 0. The second kappa shape index (κ2) is 4.63. The van der Waals surface area contributed by atoms with Gasteiger partial charge in [-0.15, -0.1) is 0 Å². The van der Waals surface area contributed by atoms with Crippen molar-refractivity contribution in [1.29, 1.82) is 0 Å². The van der Waals surface area contributed by atoms with Crippen molar-refractivity contribution in [2.24, 2.45) is 0 Å². The number of hydrogen-bond donors (Lipinski definition) is 2. The Morgan fingerprint density at radius 2 is 1.18 bits per heavy atom. The Morgan fingerprint density at radius 1 is 0.727 bits per heavy atom. The number of nitrogens with zero attached hydrogens (tertiary/aromatic N) is 4. The third-order valence-electron chi connectivity index (χ3n) is 3.69. The summed E-state index contributed by atoms with van der Waals surface area (Å²) < 4.78 is 3.84. The predicted octanol–water partition coefficient (Wildman–Crippen LogP) is 2.64. The zero-order valence-corrected chi connectivity index (χ0v) is 11.7. The van der Waals surface area contributed by atoms with Crippen molar-refractivity contribution >= 4 is 45.8 Å². The molecule has 22 heavy (non-hydrogen) atoms. The Labute approximate surface area is 126 Å². The van der Waals surface area contributed by atoms with Crippen molar-refractivity contribution in [3.05, 3.63) is 49.1 Å². The molecule has 4 aromatic rings. The van der Waals surface area contributed by atoms with Crippen LogP contribution in [-0.4, -0.2) is 19.1 Å². The van der Waals surface area contributed by atoms with Gasteiger partial charge < -0.3 is 20.6 Å². The predicted molar refractivity (Wildman–Crippen MR) is 89.8 cm³/mol. The van der Waals surface area contributed by atoms with Crippen molar-refractivity contribution < 1.29 is 0 Å². The van der Waals surface area contributed by atoms with Crippen molar-refractivity contribution in [2.75, 3.05) is 11.5 Å². The second-order valence-corrected chi connectivity index (χ2v) is 5.02. The molecule has 0 atom stereocenters. The van der Waals surface area contributed by atoms with Crippen LogP contribution in [0.15, 0.2) is 49.1 Å². The normalized spacial score (nSPS) is 11.8. The van der Waals surface area contributed by atoms with Crippen molar-refractivity contribution in [3.8, 4) is 0 Å². The van der Waals surface area contributed by atoms with Gasteiger partial charge >= 0.3 is 0 Å². The molecule has 0 aliphatic rings. The van der Waals surface area contributed by atoms with E-state index in [4.69, 9.17) is 11.5 Å². The van der Waals surface area contributed by atoms with Crippen molar-refractivity contribution in [2.45, 2.75) is 0 Å². The number of aromatic nitrogens is 4. The molecule has 108 valence electrons. The first-order chi connectivity index (χ1) is 10.7. The molecule has 0 spiro atoms. The number of nitrogens with two attached hydrogens (primary N) is 2. The maximum atomic E-state index is 5.94. The number of rotatable bonds is 2. The molecule has 0 unspecified atom stereocenters. The molecular weight excluding hydrogens is 276 g/mol. The number of anilines is 2. The molecule has 0 aliphatic carbocycles. The van der Waals surface area contributed by atoms with E-state index in [2.05, 4.69) is 9.97 Å². The summed E-state index contributed by atoms with van der Waals surface area (Å²) in [4.78, 5) is 8.73. The SMILES string of the molecule is Nc1ccnc2c1ccn2/C=C/n1ccc2c(N)ccnc21. The maximum Gasteiger partial charge on any atom is 0.146 e. The van der Waals surface area contributed by atoms with Crippen LogP contribution in [0, 0.1) is 0 Å². The van der Waals surface area contributed by atoms with Gasteiger partial charge in [-0.1, -0.05) is 0 Å². The highest BCUT2D eigenvalue weighted by Gasteiger charge is 2.04. The molecule has 0 saturated heterocycles. The van der Waals surface area contributed by atoms with E-state index in [0.29, 0.717) is 0 Å². The van der Waals surface area contributed by atoms with Crippen LogP contribution < -0.4 is 11.5 Å². The van der Waals surface area contributed by atoms with Gasteiger partial charge in [0.2, 0.25) is 0 Å². The standard InChI is InChI=1S/C16H14N6/c17-13-1-5-19-15-11(13)3-7-21(15)9-10-22-8-4-12-14(18)2-6-20-16(12)22/h1-10H,(H2,17,19)(H2,18,20)/b10-9+. The molecule has 0 bridgehead atoms. The zero-order chi connectivity index (χ0) is 15.1. The first-order valence-electron chi connectivity index (χ1n) is 6.84. The smallest absolute Gasteiger partial charge is 0.146 e. The Balaban J connectivity index is 1.79. The van der Waals surface area contributed by atoms with Crippen LogP contribution in [0.25, 0.3) is 34.5 Å². The van der Waals surface area contributed by atoms with Crippen LogP contribution in [0.3, 0.4) is 0 Å². The lowest BCUT2D eigenvalue weighted by atomic mass is 10.3. The van der Waals surface area contributed by atoms with Gasteiger partial charge in [0, 0.05) is 59.3 Å². The molecular formula is C16H14N6. The summed E-state index contributed by atoms with van der Waals surface area (Å²) in [5.41, 5.74) is 15.0. The lowest BCUT2D eigenvalue weighted by Crippen LogP contribution is -1.92. The van der Waals surface area contributed by atoms with E-state index in [1.807, 2.05) is 46.1 Å². The topological polar surface area (TPSA) is 87.7 Å². The van der Waals surface area contributed by atoms with E-state index in [0.717, 1.165) is 33.4 Å². The lowest BCUT2D eigenvalue weighted by molar-refractivity contribution is 1.14. The minimum Gasteiger partial charge on any atom is -0.398 e. The average molecular weight is 290 g/mol. The van der Waals surface area contributed by atoms with Gasteiger partial charge in [-0.2, -0.15) is 0 Å². The fourth-order valence-corrected chi connectivity index (χ4v) is 2.54. The summed E-state index contributed by atoms with van der Waals surface area (Å²) in [5.74, 6) is 0. The van der Waals surface area contributed by atoms with Gasteiger partial charge in [-0.25, -0.2) is 9.97 Å². The molecule has 0 amide bonds. The van der Waals surface area contributed by atoms with Gasteiger partial charge in [0.1, 0.15) is 11.3 Å². The summed E-state index contributed by atoms with van der Waals surface area (Å²) in [5, 5.41) is 1.87. The third kappa shape index (κ3) is 1.81. The fourth-order valence-electron chi connectivity index (χ4n) is 2.54. The highest BCUT2D eigenvalue weighted by atomic mass is 15.1. The zero-order valence-electron chi connectivity index (χ0n) is 11.7. The molecule has 4 heterocycles. The first kappa shape index (κ1) is 12.5. The summed E-state index contributed by atoms with van der Waals surface area (Å²) in [6.45, 7) is 0. The van der Waals surface area contributed by atoms with Gasteiger partial charge in [0.25, 0.3) is 0 Å². The van der Waals surface area contributed by atoms with Crippen LogP contribution in [0.5, 0.6) is 0 Å². The van der Waals surface area contributed by atoms with Gasteiger partial charge in [0.05, 0.1) is 0 Å². The summed E-state index contributed by atoms with van der Waals surface area (Å²) in [6.07, 6.45) is 11.1. The highest BCUT2D eigenvalue weighted by Crippen LogP contribution is 2.22. The van der Waals surface area contributed by atoms with E-state index in [9.17, 15) is 0 Å². The maximum absolute atomic E-state index is 5.94. The molecule has 0 aliphatic heterocycles. The molecule has 0 aromatic carbocycles. The van der Waals surface area contributed by atoms with E-state index >= 15 is 0 Å². The van der Waals surface area contributed by atoms with Gasteiger partial charge in [0.15, 0.2) is 0 Å². The Morgan fingerprint density at radius 3 is 1.64 bits per heavy atom. The summed E-state index contributed by atoms with van der Waals surface area (Å²) >= 11 is 0. The quantitative estimate of drug-likeness (QED) is 0.594. The third-order valence-corrected chi connectivity index (χ3v) is 3.69. The molecule has 0 fully saturated rings. The largest absolute Gasteiger partial charge is 0.398 e. The minimum absolute atomic E-state index is 0.720. The number of hydrogen-bond acceptors (Lipinski definition) is 4. The molecule has 0 saturated carbocycles. The monoisotopic (exact) mass is 290 g/mol. The van der Waals surface area contributed by atoms with Crippen LogP contribution in [0.2, 0.25) is 0 Å². The highest BCUT2D eigenvalue weighted by molar-refractivity contribution is 5.91. The molecule has 6 nitrogen and oxygen atoms in total. The Bertz CT molecular complexity index is 926.